The quantitative estimate of drug-likeness (QED) is 0.553. The molecule has 1 aliphatic carbocycles. The molecule has 1 saturated heterocycles. The number of ether oxygens (including phenoxy) is 1. The number of urea groups is 1. The summed E-state index contributed by atoms with van der Waals surface area (Å²) < 4.78 is 29.3. The van der Waals surface area contributed by atoms with Crippen molar-refractivity contribution in [1.82, 2.24) is 14.7 Å². The first kappa shape index (κ1) is 25.5. The van der Waals surface area contributed by atoms with Crippen LogP contribution in [0.2, 0.25) is 0 Å². The van der Waals surface area contributed by atoms with Gasteiger partial charge in [0.1, 0.15) is 15.6 Å². The predicted molar refractivity (Wildman–Crippen MR) is 138 cm³/mol. The highest BCUT2D eigenvalue weighted by molar-refractivity contribution is 7.90. The SMILES string of the molecule is COc1ccc(CN2C[C@]3(CC[C@@](c4ccccc4)(N(C)C)CC3)N(CCS(C)(=O)=O)C2=O)cc1. The summed E-state index contributed by atoms with van der Waals surface area (Å²) in [4.78, 5) is 19.7. The summed E-state index contributed by atoms with van der Waals surface area (Å²) in [6.07, 6.45) is 4.71. The molecule has 0 bridgehead atoms. The van der Waals surface area contributed by atoms with E-state index in [1.807, 2.05) is 40.1 Å². The van der Waals surface area contributed by atoms with Crippen LogP contribution in [-0.2, 0) is 21.9 Å². The van der Waals surface area contributed by atoms with Crippen LogP contribution in [-0.4, -0.2) is 81.0 Å². The second kappa shape index (κ2) is 9.82. The molecule has 190 valence electrons. The van der Waals surface area contributed by atoms with Gasteiger partial charge in [-0.1, -0.05) is 42.5 Å². The lowest BCUT2D eigenvalue weighted by molar-refractivity contribution is 0.0263. The highest BCUT2D eigenvalue weighted by Gasteiger charge is 2.54. The van der Waals surface area contributed by atoms with Crippen molar-refractivity contribution in [2.24, 2.45) is 0 Å². The van der Waals surface area contributed by atoms with E-state index in [4.69, 9.17) is 4.74 Å². The zero-order valence-corrected chi connectivity index (χ0v) is 22.1. The molecule has 1 saturated carbocycles. The monoisotopic (exact) mass is 499 g/mol. The first-order valence-corrected chi connectivity index (χ1v) is 14.2. The van der Waals surface area contributed by atoms with Crippen LogP contribution in [0.25, 0.3) is 0 Å². The molecule has 0 N–H and O–H groups in total. The molecule has 0 radical (unpaired) electrons. The van der Waals surface area contributed by atoms with Gasteiger partial charge in [-0.25, -0.2) is 13.2 Å². The van der Waals surface area contributed by atoms with Gasteiger partial charge in [0.15, 0.2) is 0 Å². The molecular formula is C27H37N3O4S. The van der Waals surface area contributed by atoms with Gasteiger partial charge in [-0.2, -0.15) is 0 Å². The number of carbonyl (C=O) groups excluding carboxylic acids is 1. The molecule has 4 rings (SSSR count). The molecular weight excluding hydrogens is 462 g/mol. The first-order valence-electron chi connectivity index (χ1n) is 12.2. The number of methoxy groups -OCH3 is 1. The lowest BCUT2D eigenvalue weighted by Gasteiger charge is -2.51. The second-order valence-corrected chi connectivity index (χ2v) is 12.5. The number of amides is 2. The number of benzene rings is 2. The van der Waals surface area contributed by atoms with Gasteiger partial charge >= 0.3 is 6.03 Å². The number of hydrogen-bond donors (Lipinski definition) is 0. The summed E-state index contributed by atoms with van der Waals surface area (Å²) in [6.45, 7) is 1.34. The number of rotatable bonds is 8. The van der Waals surface area contributed by atoms with Crippen molar-refractivity contribution in [2.75, 3.05) is 46.3 Å². The fraction of sp³-hybridized carbons (Fsp3) is 0.519. The lowest BCUT2D eigenvalue weighted by atomic mass is 9.68. The van der Waals surface area contributed by atoms with E-state index in [1.54, 1.807) is 7.11 Å². The number of hydrogen-bond acceptors (Lipinski definition) is 5. The van der Waals surface area contributed by atoms with E-state index >= 15 is 0 Å². The summed E-state index contributed by atoms with van der Waals surface area (Å²) >= 11 is 0. The smallest absolute Gasteiger partial charge is 0.320 e. The third-order valence-corrected chi connectivity index (χ3v) is 8.88. The summed E-state index contributed by atoms with van der Waals surface area (Å²) in [5, 5.41) is 0. The summed E-state index contributed by atoms with van der Waals surface area (Å²) in [5.41, 5.74) is 1.87. The van der Waals surface area contributed by atoms with Gasteiger partial charge in [0.25, 0.3) is 0 Å². The van der Waals surface area contributed by atoms with Gasteiger partial charge in [-0.05, 0) is 63.0 Å². The molecule has 0 aromatic heterocycles. The van der Waals surface area contributed by atoms with Crippen LogP contribution in [0.4, 0.5) is 4.79 Å². The molecule has 2 aromatic carbocycles. The Morgan fingerprint density at radius 3 is 2.14 bits per heavy atom. The van der Waals surface area contributed by atoms with Crippen molar-refractivity contribution in [2.45, 2.75) is 43.3 Å². The third-order valence-electron chi connectivity index (χ3n) is 7.95. The van der Waals surface area contributed by atoms with E-state index in [2.05, 4.69) is 43.3 Å². The average molecular weight is 500 g/mol. The van der Waals surface area contributed by atoms with Gasteiger partial charge < -0.3 is 14.5 Å². The Labute approximate surface area is 209 Å². The van der Waals surface area contributed by atoms with Gasteiger partial charge in [-0.3, -0.25) is 4.90 Å². The Bertz CT molecular complexity index is 1120. The molecule has 2 aliphatic rings. The van der Waals surface area contributed by atoms with E-state index < -0.39 is 9.84 Å². The Balaban J connectivity index is 1.59. The normalized spacial score (nSPS) is 25.0. The van der Waals surface area contributed by atoms with Crippen LogP contribution in [0.15, 0.2) is 54.6 Å². The van der Waals surface area contributed by atoms with Crippen molar-refractivity contribution >= 4 is 15.9 Å². The van der Waals surface area contributed by atoms with Crippen LogP contribution in [0.3, 0.4) is 0 Å². The zero-order valence-electron chi connectivity index (χ0n) is 21.2. The molecule has 1 spiro atoms. The Kier molecular flexibility index (Phi) is 7.16. The number of sulfone groups is 1. The van der Waals surface area contributed by atoms with E-state index in [0.717, 1.165) is 37.0 Å². The van der Waals surface area contributed by atoms with Crippen LogP contribution >= 0.6 is 0 Å². The van der Waals surface area contributed by atoms with Crippen molar-refractivity contribution < 1.29 is 17.9 Å². The van der Waals surface area contributed by atoms with Gasteiger partial charge in [0.2, 0.25) is 0 Å². The van der Waals surface area contributed by atoms with E-state index in [-0.39, 0.29) is 29.4 Å². The predicted octanol–water partition coefficient (Wildman–Crippen LogP) is 3.75. The molecule has 0 unspecified atom stereocenters. The average Bonchev–Trinajstić information content (AvgIpc) is 3.08. The molecule has 8 heteroatoms. The van der Waals surface area contributed by atoms with E-state index in [9.17, 15) is 13.2 Å². The van der Waals surface area contributed by atoms with E-state index in [1.165, 1.54) is 11.8 Å². The zero-order chi connectivity index (χ0) is 25.3. The lowest BCUT2D eigenvalue weighted by Crippen LogP contribution is -2.56. The van der Waals surface area contributed by atoms with Crippen LogP contribution in [0.5, 0.6) is 5.75 Å². The molecule has 7 nitrogen and oxygen atoms in total. The number of carbonyl (C=O) groups is 1. The topological polar surface area (TPSA) is 70.2 Å². The Hall–Kier alpha value is -2.58. The van der Waals surface area contributed by atoms with Crippen molar-refractivity contribution in [3.8, 4) is 5.75 Å². The molecule has 35 heavy (non-hydrogen) atoms. The summed E-state index contributed by atoms with van der Waals surface area (Å²) in [6, 6.07) is 18.3. The molecule has 1 heterocycles. The fourth-order valence-corrected chi connectivity index (χ4v) is 6.36. The standard InChI is InChI=1S/C27H37N3O4S/c1-28(2)27(23-8-6-5-7-9-23)16-14-26(15-17-27)21-29(20-22-10-12-24(34-3)13-11-22)25(31)30(26)18-19-35(4,32)33/h5-13H,14-21H2,1-4H3/t26-,27-. The fourth-order valence-electron chi connectivity index (χ4n) is 5.85. The van der Waals surface area contributed by atoms with Crippen molar-refractivity contribution in [1.29, 1.82) is 0 Å². The highest BCUT2D eigenvalue weighted by atomic mass is 32.2. The molecule has 2 fully saturated rings. The minimum absolute atomic E-state index is 0.0195. The molecule has 2 aromatic rings. The Morgan fingerprint density at radius 1 is 0.971 bits per heavy atom. The third kappa shape index (κ3) is 5.19. The van der Waals surface area contributed by atoms with Crippen LogP contribution in [0.1, 0.15) is 36.8 Å². The van der Waals surface area contributed by atoms with Crippen LogP contribution in [0, 0.1) is 0 Å². The number of nitrogens with zero attached hydrogens (tertiary/aromatic N) is 3. The van der Waals surface area contributed by atoms with Crippen molar-refractivity contribution in [3.63, 3.8) is 0 Å². The maximum Gasteiger partial charge on any atom is 0.320 e. The molecule has 2 amide bonds. The molecule has 1 aliphatic heterocycles. The van der Waals surface area contributed by atoms with Crippen molar-refractivity contribution in [3.05, 3.63) is 65.7 Å². The van der Waals surface area contributed by atoms with Gasteiger partial charge in [0.05, 0.1) is 18.4 Å². The van der Waals surface area contributed by atoms with Crippen LogP contribution < -0.4 is 4.74 Å². The second-order valence-electron chi connectivity index (χ2n) is 10.3. The van der Waals surface area contributed by atoms with Gasteiger partial charge in [-0.15, -0.1) is 0 Å². The summed E-state index contributed by atoms with van der Waals surface area (Å²) in [7, 11) is 2.70. The largest absolute Gasteiger partial charge is 0.497 e. The first-order chi connectivity index (χ1) is 16.6. The minimum Gasteiger partial charge on any atom is -0.497 e. The van der Waals surface area contributed by atoms with E-state index in [0.29, 0.717) is 13.1 Å². The Morgan fingerprint density at radius 2 is 1.60 bits per heavy atom. The minimum atomic E-state index is -3.19. The van der Waals surface area contributed by atoms with Gasteiger partial charge in [0, 0.05) is 31.4 Å². The highest BCUT2D eigenvalue weighted by Crippen LogP contribution is 2.49. The molecule has 0 atom stereocenters. The maximum absolute atomic E-state index is 13.6. The summed E-state index contributed by atoms with van der Waals surface area (Å²) in [5.74, 6) is 0.759. The maximum atomic E-state index is 13.6.